The number of urea groups is 1. The fraction of sp³-hybridized carbons (Fsp3) is 0.632. The van der Waals surface area contributed by atoms with Crippen LogP contribution in [0.4, 0.5) is 19.3 Å². The van der Waals surface area contributed by atoms with E-state index in [1.54, 1.807) is 0 Å². The van der Waals surface area contributed by atoms with Crippen LogP contribution in [0.25, 0.3) is 0 Å². The molecule has 156 valence electrons. The molecule has 4 N–H and O–H groups in total. The largest absolute Gasteiger partial charge is 0.394 e. The van der Waals surface area contributed by atoms with Crippen LogP contribution in [0, 0.1) is 17.6 Å². The van der Waals surface area contributed by atoms with Crippen LogP contribution in [0.5, 0.6) is 0 Å². The molecule has 0 aliphatic carbocycles. The summed E-state index contributed by atoms with van der Waals surface area (Å²) in [6, 6.07) is 1.87. The Morgan fingerprint density at radius 2 is 2.00 bits per heavy atom. The fourth-order valence-corrected chi connectivity index (χ4v) is 3.87. The molecule has 7 nitrogen and oxygen atoms in total. The van der Waals surface area contributed by atoms with Gasteiger partial charge in [0.1, 0.15) is 23.8 Å². The maximum atomic E-state index is 13.7. The van der Waals surface area contributed by atoms with Gasteiger partial charge in [-0.3, -0.25) is 4.90 Å². The second-order valence-electron chi connectivity index (χ2n) is 7.55. The van der Waals surface area contributed by atoms with Gasteiger partial charge in [0.15, 0.2) is 0 Å². The van der Waals surface area contributed by atoms with Crippen LogP contribution in [0.2, 0.25) is 0 Å². The third kappa shape index (κ3) is 4.78. The Balaban J connectivity index is 1.59. The van der Waals surface area contributed by atoms with Crippen LogP contribution >= 0.6 is 0 Å². The van der Waals surface area contributed by atoms with Crippen molar-refractivity contribution in [1.82, 2.24) is 10.2 Å². The van der Waals surface area contributed by atoms with Crippen molar-refractivity contribution in [2.45, 2.75) is 44.1 Å². The van der Waals surface area contributed by atoms with Crippen molar-refractivity contribution >= 4 is 11.7 Å². The summed E-state index contributed by atoms with van der Waals surface area (Å²) in [6.07, 6.45) is -0.0597. The average molecular weight is 399 g/mol. The van der Waals surface area contributed by atoms with Crippen molar-refractivity contribution in [2.75, 3.05) is 31.6 Å². The van der Waals surface area contributed by atoms with E-state index >= 15 is 0 Å². The van der Waals surface area contributed by atoms with E-state index in [0.717, 1.165) is 38.1 Å². The van der Waals surface area contributed by atoms with Gasteiger partial charge in [0.2, 0.25) is 0 Å². The maximum absolute atomic E-state index is 13.7. The maximum Gasteiger partial charge on any atom is 0.319 e. The molecule has 1 aromatic rings. The highest BCUT2D eigenvalue weighted by molar-refractivity contribution is 5.89. The minimum absolute atomic E-state index is 0.0823. The zero-order chi connectivity index (χ0) is 20.3. The Morgan fingerprint density at radius 1 is 1.29 bits per heavy atom. The number of hydrogen-bond donors (Lipinski definition) is 4. The van der Waals surface area contributed by atoms with Crippen molar-refractivity contribution < 1.29 is 28.5 Å². The lowest BCUT2D eigenvalue weighted by Crippen LogP contribution is -2.53. The first-order chi connectivity index (χ1) is 13.4. The molecule has 2 aliphatic heterocycles. The van der Waals surface area contributed by atoms with E-state index in [1.165, 1.54) is 0 Å². The van der Waals surface area contributed by atoms with Crippen LogP contribution in [0.1, 0.15) is 19.8 Å². The molecule has 2 saturated heterocycles. The number of benzene rings is 1. The molecule has 2 heterocycles. The van der Waals surface area contributed by atoms with E-state index < -0.39 is 36.0 Å². The first-order valence-electron chi connectivity index (χ1n) is 9.57. The third-order valence-corrected chi connectivity index (χ3v) is 5.52. The Bertz CT molecular complexity index is 685. The lowest BCUT2D eigenvalue weighted by Gasteiger charge is -2.38. The number of halogens is 2. The Kier molecular flexibility index (Phi) is 6.82. The quantitative estimate of drug-likeness (QED) is 0.599. The number of rotatable bonds is 5. The standard InChI is InChI=1S/C19H27F2N3O4/c1-11-4-6-24(7-5-11)17-15(28-16(10-25)18(17)26)9-22-19(27)23-14-3-2-12(20)8-13(14)21/h2-3,8,11,15-18,25-26H,4-7,9-10H2,1H3,(H2,22,23,27)/t15-,16+,17+,18-/m1/s1. The highest BCUT2D eigenvalue weighted by Crippen LogP contribution is 2.29. The van der Waals surface area contributed by atoms with Crippen molar-refractivity contribution in [2.24, 2.45) is 5.92 Å². The number of carbonyl (C=O) groups excluding carboxylic acids is 1. The average Bonchev–Trinajstić information content (AvgIpc) is 2.99. The first-order valence-corrected chi connectivity index (χ1v) is 9.57. The van der Waals surface area contributed by atoms with Crippen LogP contribution in [0.15, 0.2) is 18.2 Å². The third-order valence-electron chi connectivity index (χ3n) is 5.52. The van der Waals surface area contributed by atoms with Gasteiger partial charge in [-0.05, 0) is 44.0 Å². The van der Waals surface area contributed by atoms with Gasteiger partial charge in [-0.2, -0.15) is 0 Å². The molecule has 0 radical (unpaired) electrons. The van der Waals surface area contributed by atoms with E-state index in [4.69, 9.17) is 4.74 Å². The summed E-state index contributed by atoms with van der Waals surface area (Å²) in [5.74, 6) is -0.980. The number of nitrogens with one attached hydrogen (secondary N) is 2. The minimum atomic E-state index is -0.872. The van der Waals surface area contributed by atoms with Gasteiger partial charge in [-0.1, -0.05) is 6.92 Å². The molecule has 4 atom stereocenters. The van der Waals surface area contributed by atoms with E-state index in [-0.39, 0.29) is 24.9 Å². The molecule has 2 amide bonds. The van der Waals surface area contributed by atoms with E-state index in [9.17, 15) is 23.8 Å². The smallest absolute Gasteiger partial charge is 0.319 e. The number of carbonyl (C=O) groups is 1. The fourth-order valence-electron chi connectivity index (χ4n) is 3.87. The summed E-state index contributed by atoms with van der Waals surface area (Å²) in [5.41, 5.74) is -0.138. The summed E-state index contributed by atoms with van der Waals surface area (Å²) in [4.78, 5) is 14.2. The normalized spacial score (nSPS) is 29.0. The number of likely N-dealkylation sites (tertiary alicyclic amines) is 1. The summed E-state index contributed by atoms with van der Waals surface area (Å²) < 4.78 is 32.4. The number of amides is 2. The lowest BCUT2D eigenvalue weighted by atomic mass is 9.94. The van der Waals surface area contributed by atoms with E-state index in [1.807, 2.05) is 0 Å². The molecular weight excluding hydrogens is 372 g/mol. The summed E-state index contributed by atoms with van der Waals surface area (Å²) in [7, 11) is 0. The number of ether oxygens (including phenoxy) is 1. The highest BCUT2D eigenvalue weighted by Gasteiger charge is 2.46. The van der Waals surface area contributed by atoms with E-state index in [2.05, 4.69) is 22.5 Å². The Hall–Kier alpha value is -1.81. The SMILES string of the molecule is CC1CCN([C@@H]2[C@H](O)[C@H](CO)O[C@@H]2CNC(=O)Nc2ccc(F)cc2F)CC1. The van der Waals surface area contributed by atoms with Gasteiger partial charge in [-0.15, -0.1) is 0 Å². The second kappa shape index (κ2) is 9.13. The molecule has 9 heteroatoms. The molecule has 2 aliphatic rings. The number of anilines is 1. The zero-order valence-corrected chi connectivity index (χ0v) is 15.8. The molecule has 0 saturated carbocycles. The van der Waals surface area contributed by atoms with Crippen LogP contribution < -0.4 is 10.6 Å². The van der Waals surface area contributed by atoms with Crippen molar-refractivity contribution in [3.8, 4) is 0 Å². The van der Waals surface area contributed by atoms with Crippen molar-refractivity contribution in [1.29, 1.82) is 0 Å². The van der Waals surface area contributed by atoms with Crippen molar-refractivity contribution in [3.63, 3.8) is 0 Å². The van der Waals surface area contributed by atoms with Gasteiger partial charge < -0.3 is 25.6 Å². The monoisotopic (exact) mass is 399 g/mol. The zero-order valence-electron chi connectivity index (χ0n) is 15.8. The second-order valence-corrected chi connectivity index (χ2v) is 7.55. The Labute approximate surface area is 162 Å². The molecule has 2 fully saturated rings. The number of piperidine rings is 1. The summed E-state index contributed by atoms with van der Waals surface area (Å²) in [5, 5.41) is 25.0. The molecule has 0 spiro atoms. The molecule has 0 unspecified atom stereocenters. The van der Waals surface area contributed by atoms with Crippen LogP contribution in [0.3, 0.4) is 0 Å². The number of aliphatic hydroxyl groups is 2. The minimum Gasteiger partial charge on any atom is -0.394 e. The van der Waals surface area contributed by atoms with Gasteiger partial charge >= 0.3 is 6.03 Å². The predicted octanol–water partition coefficient (Wildman–Crippen LogP) is 1.31. The van der Waals surface area contributed by atoms with Gasteiger partial charge in [0.05, 0.1) is 24.4 Å². The summed E-state index contributed by atoms with van der Waals surface area (Å²) in [6.45, 7) is 3.58. The molecule has 1 aromatic carbocycles. The van der Waals surface area contributed by atoms with E-state index in [0.29, 0.717) is 12.0 Å². The molecular formula is C19H27F2N3O4. The van der Waals surface area contributed by atoms with Gasteiger partial charge in [-0.25, -0.2) is 13.6 Å². The van der Waals surface area contributed by atoms with Crippen LogP contribution in [-0.4, -0.2) is 71.7 Å². The number of nitrogens with zero attached hydrogens (tertiary/aromatic N) is 1. The van der Waals surface area contributed by atoms with Gasteiger partial charge in [0, 0.05) is 12.6 Å². The number of aliphatic hydroxyl groups excluding tert-OH is 2. The van der Waals surface area contributed by atoms with Crippen LogP contribution in [-0.2, 0) is 4.74 Å². The molecule has 3 rings (SSSR count). The first kappa shape index (κ1) is 20.9. The van der Waals surface area contributed by atoms with Crippen molar-refractivity contribution in [3.05, 3.63) is 29.8 Å². The Morgan fingerprint density at radius 3 is 2.64 bits per heavy atom. The topological polar surface area (TPSA) is 94.1 Å². The van der Waals surface area contributed by atoms with Gasteiger partial charge in [0.25, 0.3) is 0 Å². The predicted molar refractivity (Wildman–Crippen MR) is 98.9 cm³/mol. The molecule has 28 heavy (non-hydrogen) atoms. The number of hydrogen-bond acceptors (Lipinski definition) is 5. The molecule has 0 aromatic heterocycles. The highest BCUT2D eigenvalue weighted by atomic mass is 19.1. The lowest BCUT2D eigenvalue weighted by molar-refractivity contribution is -0.0205. The molecule has 0 bridgehead atoms. The summed E-state index contributed by atoms with van der Waals surface area (Å²) >= 11 is 0.